The normalized spacial score (nSPS) is 20.8. The van der Waals surface area contributed by atoms with Crippen molar-refractivity contribution < 1.29 is 4.79 Å². The minimum Gasteiger partial charge on any atom is -0.336 e. The fraction of sp³-hybridized carbons (Fsp3) is 0.391. The van der Waals surface area contributed by atoms with Gasteiger partial charge in [0.05, 0.1) is 5.69 Å². The third kappa shape index (κ3) is 3.12. The van der Waals surface area contributed by atoms with Crippen LogP contribution in [0.25, 0.3) is 11.4 Å². The van der Waals surface area contributed by atoms with E-state index in [4.69, 9.17) is 4.98 Å². The lowest BCUT2D eigenvalue weighted by molar-refractivity contribution is 0.0627. The molecule has 148 valence electrons. The van der Waals surface area contributed by atoms with Crippen LogP contribution in [0.2, 0.25) is 0 Å². The van der Waals surface area contributed by atoms with Gasteiger partial charge in [-0.1, -0.05) is 37.3 Å². The lowest BCUT2D eigenvalue weighted by Crippen LogP contribution is -2.48. The number of likely N-dealkylation sites (tertiary alicyclic amines) is 1. The van der Waals surface area contributed by atoms with Gasteiger partial charge in [0, 0.05) is 36.0 Å². The molecule has 1 fully saturated rings. The van der Waals surface area contributed by atoms with Crippen LogP contribution >= 0.6 is 0 Å². The summed E-state index contributed by atoms with van der Waals surface area (Å²) < 4.78 is 0. The van der Waals surface area contributed by atoms with Gasteiger partial charge in [-0.15, -0.1) is 0 Å². The molecule has 0 radical (unpaired) electrons. The average Bonchev–Trinajstić information content (AvgIpc) is 3.39. The van der Waals surface area contributed by atoms with Crippen molar-refractivity contribution in [2.45, 2.75) is 44.4 Å². The van der Waals surface area contributed by atoms with Crippen LogP contribution in [0.3, 0.4) is 0 Å². The molecule has 2 aromatic heterocycles. The third-order valence-electron chi connectivity index (χ3n) is 6.37. The summed E-state index contributed by atoms with van der Waals surface area (Å²) in [5.74, 6) is 0.791. The Morgan fingerprint density at radius 3 is 2.90 bits per heavy atom. The van der Waals surface area contributed by atoms with E-state index in [0.29, 0.717) is 12.2 Å². The van der Waals surface area contributed by atoms with Crippen molar-refractivity contribution in [3.8, 4) is 11.4 Å². The molecule has 1 atom stereocenters. The molecule has 1 aliphatic heterocycles. The second-order valence-corrected chi connectivity index (χ2v) is 8.18. The number of H-pyrrole nitrogens is 1. The smallest absolute Gasteiger partial charge is 0.274 e. The van der Waals surface area contributed by atoms with Crippen molar-refractivity contribution in [3.05, 3.63) is 65.2 Å². The first-order valence-corrected chi connectivity index (χ1v) is 10.4. The molecule has 0 saturated carbocycles. The van der Waals surface area contributed by atoms with Gasteiger partial charge in [-0.3, -0.25) is 9.89 Å². The maximum absolute atomic E-state index is 13.1. The molecule has 1 N–H and O–H groups in total. The number of hydrogen-bond acceptors (Lipinski definition) is 4. The summed E-state index contributed by atoms with van der Waals surface area (Å²) in [6.07, 6.45) is 6.89. The molecule has 1 aromatic carbocycles. The molecular formula is C23H25N5O. The first-order chi connectivity index (χ1) is 14.2. The Bertz CT molecular complexity index is 1040. The molecule has 1 aliphatic carbocycles. The number of carbonyl (C=O) groups is 1. The maximum Gasteiger partial charge on any atom is 0.274 e. The van der Waals surface area contributed by atoms with Gasteiger partial charge >= 0.3 is 0 Å². The van der Waals surface area contributed by atoms with Crippen LogP contribution in [-0.4, -0.2) is 44.1 Å². The number of benzene rings is 1. The van der Waals surface area contributed by atoms with Gasteiger partial charge in [0.25, 0.3) is 5.91 Å². The number of aromatic nitrogens is 4. The van der Waals surface area contributed by atoms with Crippen LogP contribution < -0.4 is 0 Å². The minimum atomic E-state index is -0.0698. The van der Waals surface area contributed by atoms with Crippen molar-refractivity contribution in [1.82, 2.24) is 25.1 Å². The predicted molar refractivity (Wildman–Crippen MR) is 111 cm³/mol. The SMILES string of the molecule is CCc1cc(C(=O)N2CCCC3(CCc4cnc(-c5ccccc5)nc43)C2)n[nH]1. The highest BCUT2D eigenvalue weighted by Crippen LogP contribution is 2.44. The van der Waals surface area contributed by atoms with Crippen LogP contribution in [0, 0.1) is 0 Å². The first-order valence-electron chi connectivity index (χ1n) is 10.4. The summed E-state index contributed by atoms with van der Waals surface area (Å²) in [6.45, 7) is 3.54. The van der Waals surface area contributed by atoms with Crippen molar-refractivity contribution >= 4 is 5.91 Å². The zero-order valence-electron chi connectivity index (χ0n) is 16.7. The van der Waals surface area contributed by atoms with Gasteiger partial charge in [0.2, 0.25) is 0 Å². The molecule has 1 unspecified atom stereocenters. The number of nitrogens with one attached hydrogen (secondary N) is 1. The van der Waals surface area contributed by atoms with Crippen molar-refractivity contribution in [1.29, 1.82) is 0 Å². The number of fused-ring (bicyclic) bond motifs is 2. The molecule has 3 heterocycles. The second-order valence-electron chi connectivity index (χ2n) is 8.18. The van der Waals surface area contributed by atoms with Gasteiger partial charge in [0.1, 0.15) is 5.69 Å². The summed E-state index contributed by atoms with van der Waals surface area (Å²) in [4.78, 5) is 24.7. The van der Waals surface area contributed by atoms with E-state index in [1.807, 2.05) is 47.5 Å². The minimum absolute atomic E-state index is 0.0193. The van der Waals surface area contributed by atoms with Crippen molar-refractivity contribution in [2.75, 3.05) is 13.1 Å². The van der Waals surface area contributed by atoms with Crippen LogP contribution in [0.1, 0.15) is 53.6 Å². The summed E-state index contributed by atoms with van der Waals surface area (Å²) >= 11 is 0. The highest BCUT2D eigenvalue weighted by molar-refractivity contribution is 5.92. The van der Waals surface area contributed by atoms with Gasteiger partial charge in [-0.25, -0.2) is 9.97 Å². The molecule has 29 heavy (non-hydrogen) atoms. The topological polar surface area (TPSA) is 74.8 Å². The molecule has 1 amide bonds. The van der Waals surface area contributed by atoms with Gasteiger partial charge in [-0.2, -0.15) is 5.10 Å². The van der Waals surface area contributed by atoms with Crippen LogP contribution in [0.4, 0.5) is 0 Å². The van der Waals surface area contributed by atoms with E-state index in [2.05, 4.69) is 22.1 Å². The Morgan fingerprint density at radius 2 is 2.10 bits per heavy atom. The van der Waals surface area contributed by atoms with E-state index < -0.39 is 0 Å². The molecule has 2 aliphatic rings. The Labute approximate surface area is 170 Å². The Kier molecular flexibility index (Phi) is 4.42. The van der Waals surface area contributed by atoms with Crippen LogP contribution in [0.5, 0.6) is 0 Å². The molecule has 0 bridgehead atoms. The number of aryl methyl sites for hydroxylation is 2. The van der Waals surface area contributed by atoms with E-state index in [-0.39, 0.29) is 11.3 Å². The highest BCUT2D eigenvalue weighted by Gasteiger charge is 2.45. The fourth-order valence-electron chi connectivity index (χ4n) is 4.78. The van der Waals surface area contributed by atoms with Gasteiger partial charge in [0.15, 0.2) is 5.82 Å². The van der Waals surface area contributed by atoms with Crippen LogP contribution in [-0.2, 0) is 18.3 Å². The highest BCUT2D eigenvalue weighted by atomic mass is 16.2. The lowest BCUT2D eigenvalue weighted by Gasteiger charge is -2.40. The zero-order valence-corrected chi connectivity index (χ0v) is 16.7. The number of aromatic amines is 1. The number of piperidine rings is 1. The van der Waals surface area contributed by atoms with E-state index in [9.17, 15) is 4.79 Å². The molecule has 3 aromatic rings. The number of hydrogen-bond donors (Lipinski definition) is 1. The summed E-state index contributed by atoms with van der Waals surface area (Å²) in [5.41, 5.74) is 4.84. The van der Waals surface area contributed by atoms with Gasteiger partial charge in [-0.05, 0) is 43.7 Å². The monoisotopic (exact) mass is 387 g/mol. The molecule has 1 saturated heterocycles. The van der Waals surface area contributed by atoms with E-state index in [1.165, 1.54) is 5.56 Å². The van der Waals surface area contributed by atoms with E-state index in [0.717, 1.165) is 61.4 Å². The standard InChI is InChI=1S/C23H25N5O/c1-2-18-13-19(27-26-18)22(29)28-12-6-10-23(15-28)11-9-17-14-24-21(25-20(17)23)16-7-4-3-5-8-16/h3-5,7-8,13-14H,2,6,9-12,15H2,1H3,(H,26,27). The Balaban J connectivity index is 1.45. The Hall–Kier alpha value is -3.02. The predicted octanol–water partition coefficient (Wildman–Crippen LogP) is 3.55. The number of rotatable bonds is 3. The van der Waals surface area contributed by atoms with E-state index in [1.54, 1.807) is 0 Å². The fourth-order valence-corrected chi connectivity index (χ4v) is 4.78. The van der Waals surface area contributed by atoms with Crippen molar-refractivity contribution in [2.24, 2.45) is 0 Å². The second kappa shape index (κ2) is 7.10. The largest absolute Gasteiger partial charge is 0.336 e. The molecule has 6 heteroatoms. The van der Waals surface area contributed by atoms with Gasteiger partial charge < -0.3 is 4.90 Å². The summed E-state index contributed by atoms with van der Waals surface area (Å²) in [5, 5.41) is 7.19. The zero-order chi connectivity index (χ0) is 19.8. The maximum atomic E-state index is 13.1. The third-order valence-corrected chi connectivity index (χ3v) is 6.37. The average molecular weight is 387 g/mol. The molecule has 5 rings (SSSR count). The molecule has 6 nitrogen and oxygen atoms in total. The van der Waals surface area contributed by atoms with E-state index >= 15 is 0 Å². The first kappa shape index (κ1) is 18.0. The summed E-state index contributed by atoms with van der Waals surface area (Å²) in [7, 11) is 0. The number of nitrogens with zero attached hydrogens (tertiary/aromatic N) is 4. The van der Waals surface area contributed by atoms with Crippen LogP contribution in [0.15, 0.2) is 42.6 Å². The quantitative estimate of drug-likeness (QED) is 0.746. The Morgan fingerprint density at radius 1 is 1.24 bits per heavy atom. The number of carbonyl (C=O) groups excluding carboxylic acids is 1. The van der Waals surface area contributed by atoms with Crippen molar-refractivity contribution in [3.63, 3.8) is 0 Å². The number of amides is 1. The molecular weight excluding hydrogens is 362 g/mol. The summed E-state index contributed by atoms with van der Waals surface area (Å²) in [6, 6.07) is 12.0. The molecule has 1 spiro atoms. The lowest BCUT2D eigenvalue weighted by atomic mass is 9.77.